The Morgan fingerprint density at radius 3 is 2.38 bits per heavy atom. The molecule has 1 heterocycles. The summed E-state index contributed by atoms with van der Waals surface area (Å²) in [4.78, 5) is 25.8. The van der Waals surface area contributed by atoms with Crippen LogP contribution in [-0.2, 0) is 14.3 Å². The summed E-state index contributed by atoms with van der Waals surface area (Å²) in [5.74, 6) is -0.697. The Balaban J connectivity index is 2.08. The van der Waals surface area contributed by atoms with E-state index in [0.29, 0.717) is 26.2 Å². The number of carbonyl (C=O) groups is 2. The van der Waals surface area contributed by atoms with Crippen molar-refractivity contribution in [2.24, 2.45) is 5.41 Å². The first-order valence-corrected chi connectivity index (χ1v) is 7.95. The molecule has 2 aliphatic rings. The van der Waals surface area contributed by atoms with Crippen LogP contribution in [0.4, 0.5) is 0 Å². The van der Waals surface area contributed by atoms with Crippen LogP contribution in [0, 0.1) is 5.41 Å². The number of hydrogen-bond acceptors (Lipinski definition) is 3. The first-order chi connectivity index (χ1) is 9.85. The minimum Gasteiger partial charge on any atom is -0.481 e. The molecular formula is C16H27NO4. The van der Waals surface area contributed by atoms with Crippen molar-refractivity contribution in [1.82, 2.24) is 4.90 Å². The number of carboxylic acids is 1. The summed E-state index contributed by atoms with van der Waals surface area (Å²) >= 11 is 0. The highest BCUT2D eigenvalue weighted by molar-refractivity contribution is 5.79. The van der Waals surface area contributed by atoms with Gasteiger partial charge < -0.3 is 14.7 Å². The fraction of sp³-hybridized carbons (Fsp3) is 0.875. The third kappa shape index (κ3) is 3.96. The lowest BCUT2D eigenvalue weighted by Crippen LogP contribution is -2.56. The van der Waals surface area contributed by atoms with E-state index in [0.717, 1.165) is 32.1 Å². The first kappa shape index (κ1) is 16.3. The SMILES string of the molecule is CC1(C)COCCN1C(=O)CC1(CC(=O)O)CCCCC1. The molecule has 21 heavy (non-hydrogen) atoms. The van der Waals surface area contributed by atoms with E-state index in [1.165, 1.54) is 0 Å². The van der Waals surface area contributed by atoms with Crippen molar-refractivity contribution in [1.29, 1.82) is 0 Å². The van der Waals surface area contributed by atoms with Crippen molar-refractivity contribution in [2.75, 3.05) is 19.8 Å². The van der Waals surface area contributed by atoms with Gasteiger partial charge in [-0.15, -0.1) is 0 Å². The van der Waals surface area contributed by atoms with Gasteiger partial charge in [0.1, 0.15) is 0 Å². The highest BCUT2D eigenvalue weighted by Gasteiger charge is 2.41. The number of aliphatic carboxylic acids is 1. The largest absolute Gasteiger partial charge is 0.481 e. The van der Waals surface area contributed by atoms with Gasteiger partial charge in [-0.3, -0.25) is 9.59 Å². The molecule has 1 aliphatic carbocycles. The summed E-state index contributed by atoms with van der Waals surface area (Å²) in [6, 6.07) is 0. The van der Waals surface area contributed by atoms with E-state index in [4.69, 9.17) is 4.74 Å². The summed E-state index contributed by atoms with van der Waals surface area (Å²) < 4.78 is 5.46. The molecule has 1 amide bonds. The van der Waals surface area contributed by atoms with E-state index in [1.807, 2.05) is 18.7 Å². The predicted octanol–water partition coefficient (Wildman–Crippen LogP) is 2.44. The van der Waals surface area contributed by atoms with Crippen molar-refractivity contribution in [2.45, 2.75) is 64.3 Å². The Morgan fingerprint density at radius 2 is 1.81 bits per heavy atom. The Kier molecular flexibility index (Phi) is 4.91. The Bertz CT molecular complexity index is 399. The fourth-order valence-electron chi connectivity index (χ4n) is 3.78. The van der Waals surface area contributed by atoms with Gasteiger partial charge in [0, 0.05) is 13.0 Å². The zero-order valence-corrected chi connectivity index (χ0v) is 13.2. The molecular weight excluding hydrogens is 270 g/mol. The van der Waals surface area contributed by atoms with Crippen molar-refractivity contribution in [3.8, 4) is 0 Å². The zero-order valence-electron chi connectivity index (χ0n) is 13.2. The molecule has 0 aromatic rings. The van der Waals surface area contributed by atoms with Crippen LogP contribution in [0.5, 0.6) is 0 Å². The molecule has 0 radical (unpaired) electrons. The van der Waals surface area contributed by atoms with Gasteiger partial charge in [-0.1, -0.05) is 19.3 Å². The van der Waals surface area contributed by atoms with E-state index >= 15 is 0 Å². The number of hydrogen-bond donors (Lipinski definition) is 1. The van der Waals surface area contributed by atoms with E-state index in [-0.39, 0.29) is 23.3 Å². The summed E-state index contributed by atoms with van der Waals surface area (Å²) in [6.45, 7) is 5.74. The molecule has 0 bridgehead atoms. The molecule has 5 nitrogen and oxygen atoms in total. The molecule has 1 aliphatic heterocycles. The van der Waals surface area contributed by atoms with Gasteiger partial charge in [-0.05, 0) is 32.1 Å². The second kappa shape index (κ2) is 6.34. The van der Waals surface area contributed by atoms with Crippen LogP contribution in [0.2, 0.25) is 0 Å². The quantitative estimate of drug-likeness (QED) is 0.865. The third-order valence-electron chi connectivity index (χ3n) is 4.91. The molecule has 0 spiro atoms. The van der Waals surface area contributed by atoms with Crippen LogP contribution in [0.1, 0.15) is 58.8 Å². The highest BCUT2D eigenvalue weighted by Crippen LogP contribution is 2.43. The number of amides is 1. The maximum absolute atomic E-state index is 12.7. The minimum atomic E-state index is -0.786. The summed E-state index contributed by atoms with van der Waals surface area (Å²) in [7, 11) is 0. The monoisotopic (exact) mass is 297 g/mol. The van der Waals surface area contributed by atoms with E-state index in [2.05, 4.69) is 0 Å². The van der Waals surface area contributed by atoms with Gasteiger partial charge in [0.05, 0.1) is 25.2 Å². The van der Waals surface area contributed by atoms with Crippen LogP contribution in [0.25, 0.3) is 0 Å². The molecule has 1 N–H and O–H groups in total. The maximum Gasteiger partial charge on any atom is 0.303 e. The van der Waals surface area contributed by atoms with Gasteiger partial charge in [-0.25, -0.2) is 0 Å². The number of rotatable bonds is 4. The molecule has 2 rings (SSSR count). The summed E-state index contributed by atoms with van der Waals surface area (Å²) in [5, 5.41) is 9.21. The van der Waals surface area contributed by atoms with Crippen molar-refractivity contribution in [3.05, 3.63) is 0 Å². The number of carboxylic acid groups (broad SMARTS) is 1. The molecule has 5 heteroatoms. The number of carbonyl (C=O) groups excluding carboxylic acids is 1. The van der Waals surface area contributed by atoms with Gasteiger partial charge in [0.15, 0.2) is 0 Å². The van der Waals surface area contributed by atoms with Crippen molar-refractivity contribution in [3.63, 3.8) is 0 Å². The molecule has 0 atom stereocenters. The molecule has 0 unspecified atom stereocenters. The lowest BCUT2D eigenvalue weighted by Gasteiger charge is -2.44. The number of nitrogens with zero attached hydrogens (tertiary/aromatic N) is 1. The Morgan fingerprint density at radius 1 is 1.14 bits per heavy atom. The summed E-state index contributed by atoms with van der Waals surface area (Å²) in [5.41, 5.74) is -0.635. The normalized spacial score (nSPS) is 24.6. The van der Waals surface area contributed by atoms with Crippen molar-refractivity contribution < 1.29 is 19.4 Å². The van der Waals surface area contributed by atoms with Gasteiger partial charge >= 0.3 is 5.97 Å². The van der Waals surface area contributed by atoms with Gasteiger partial charge in [0.2, 0.25) is 5.91 Å². The minimum absolute atomic E-state index is 0.0893. The molecule has 0 aromatic heterocycles. The number of morpholine rings is 1. The summed E-state index contributed by atoms with van der Waals surface area (Å²) in [6.07, 6.45) is 5.41. The van der Waals surface area contributed by atoms with E-state index in [1.54, 1.807) is 0 Å². The van der Waals surface area contributed by atoms with Gasteiger partial charge in [0.25, 0.3) is 0 Å². The van der Waals surface area contributed by atoms with Crippen LogP contribution < -0.4 is 0 Å². The predicted molar refractivity (Wildman–Crippen MR) is 79.0 cm³/mol. The topological polar surface area (TPSA) is 66.8 Å². The Labute approximate surface area is 126 Å². The van der Waals surface area contributed by atoms with Crippen LogP contribution in [0.15, 0.2) is 0 Å². The fourth-order valence-corrected chi connectivity index (χ4v) is 3.78. The second-order valence-electron chi connectivity index (χ2n) is 7.22. The van der Waals surface area contributed by atoms with Gasteiger partial charge in [-0.2, -0.15) is 0 Å². The van der Waals surface area contributed by atoms with Crippen LogP contribution >= 0.6 is 0 Å². The van der Waals surface area contributed by atoms with E-state index < -0.39 is 5.97 Å². The van der Waals surface area contributed by atoms with E-state index in [9.17, 15) is 14.7 Å². The maximum atomic E-state index is 12.7. The molecule has 2 fully saturated rings. The Hall–Kier alpha value is -1.10. The standard InChI is InChI=1S/C16H27NO4/c1-15(2)12-21-9-8-17(15)13(18)10-16(11-14(19)20)6-4-3-5-7-16/h3-12H2,1-2H3,(H,19,20). The average Bonchev–Trinajstić information content (AvgIpc) is 2.37. The third-order valence-corrected chi connectivity index (χ3v) is 4.91. The van der Waals surface area contributed by atoms with Crippen molar-refractivity contribution >= 4 is 11.9 Å². The van der Waals surface area contributed by atoms with Crippen LogP contribution in [0.3, 0.4) is 0 Å². The smallest absolute Gasteiger partial charge is 0.303 e. The average molecular weight is 297 g/mol. The second-order valence-corrected chi connectivity index (χ2v) is 7.22. The molecule has 1 saturated carbocycles. The lowest BCUT2D eigenvalue weighted by atomic mass is 9.69. The first-order valence-electron chi connectivity index (χ1n) is 7.95. The zero-order chi connectivity index (χ0) is 15.5. The molecule has 0 aromatic carbocycles. The number of ether oxygens (including phenoxy) is 1. The molecule has 1 saturated heterocycles. The highest BCUT2D eigenvalue weighted by atomic mass is 16.5. The lowest BCUT2D eigenvalue weighted by molar-refractivity contribution is -0.151. The molecule has 120 valence electrons. The van der Waals surface area contributed by atoms with Crippen LogP contribution in [-0.4, -0.2) is 47.2 Å².